The van der Waals surface area contributed by atoms with Gasteiger partial charge in [0.2, 0.25) is 0 Å². The second-order valence-electron chi connectivity index (χ2n) is 4.58. The quantitative estimate of drug-likeness (QED) is 0.661. The summed E-state index contributed by atoms with van der Waals surface area (Å²) in [6, 6.07) is 1.14. The predicted molar refractivity (Wildman–Crippen MR) is 57.7 cm³/mol. The Morgan fingerprint density at radius 2 is 2.15 bits per heavy atom. The minimum Gasteiger partial charge on any atom is -0.327 e. The molecule has 3 N–H and O–H groups in total. The fraction of sp³-hybridized carbons (Fsp3) is 1.00. The van der Waals surface area contributed by atoms with Gasteiger partial charge in [-0.1, -0.05) is 26.7 Å². The lowest BCUT2D eigenvalue weighted by Gasteiger charge is -2.34. The molecule has 0 aliphatic heterocycles. The molecule has 1 aliphatic rings. The molecule has 1 rings (SSSR count). The standard InChI is InChI=1S/C11H24N2/c1-3-4-5-10(12)8-13-11-6-9(2)7-11/h9-11,13H,3-8,12H2,1-2H3. The van der Waals surface area contributed by atoms with Crippen LogP contribution >= 0.6 is 0 Å². The molecular weight excluding hydrogens is 160 g/mol. The number of nitrogens with two attached hydrogens (primary N) is 1. The van der Waals surface area contributed by atoms with Crippen molar-refractivity contribution in [1.82, 2.24) is 5.32 Å². The van der Waals surface area contributed by atoms with Crippen LogP contribution in [-0.2, 0) is 0 Å². The first-order valence-electron chi connectivity index (χ1n) is 5.71. The summed E-state index contributed by atoms with van der Waals surface area (Å²) in [5.74, 6) is 0.935. The Kier molecular flexibility index (Phi) is 4.74. The first-order chi connectivity index (χ1) is 6.22. The summed E-state index contributed by atoms with van der Waals surface area (Å²) in [4.78, 5) is 0. The molecule has 1 atom stereocenters. The second-order valence-corrected chi connectivity index (χ2v) is 4.58. The van der Waals surface area contributed by atoms with Gasteiger partial charge in [0.15, 0.2) is 0 Å². The Balaban J connectivity index is 1.92. The third-order valence-corrected chi connectivity index (χ3v) is 2.97. The molecule has 2 nitrogen and oxygen atoms in total. The van der Waals surface area contributed by atoms with Crippen LogP contribution in [0.2, 0.25) is 0 Å². The first-order valence-corrected chi connectivity index (χ1v) is 5.71. The Morgan fingerprint density at radius 1 is 1.46 bits per heavy atom. The van der Waals surface area contributed by atoms with Gasteiger partial charge in [-0.2, -0.15) is 0 Å². The van der Waals surface area contributed by atoms with E-state index in [9.17, 15) is 0 Å². The molecular formula is C11H24N2. The molecule has 13 heavy (non-hydrogen) atoms. The van der Waals surface area contributed by atoms with Crippen molar-refractivity contribution in [2.75, 3.05) is 6.54 Å². The van der Waals surface area contributed by atoms with E-state index in [0.29, 0.717) is 6.04 Å². The average molecular weight is 184 g/mol. The highest BCUT2D eigenvalue weighted by Gasteiger charge is 2.24. The molecule has 2 heteroatoms. The summed E-state index contributed by atoms with van der Waals surface area (Å²) in [7, 11) is 0. The highest BCUT2D eigenvalue weighted by Crippen LogP contribution is 2.25. The Bertz CT molecular complexity index is 130. The zero-order valence-electron chi connectivity index (χ0n) is 9.05. The smallest absolute Gasteiger partial charge is 0.0165 e. The fourth-order valence-corrected chi connectivity index (χ4v) is 1.96. The van der Waals surface area contributed by atoms with Gasteiger partial charge in [-0.3, -0.25) is 0 Å². The summed E-state index contributed by atoms with van der Waals surface area (Å²) >= 11 is 0. The molecule has 0 spiro atoms. The predicted octanol–water partition coefficient (Wildman–Crippen LogP) is 1.89. The van der Waals surface area contributed by atoms with E-state index in [1.807, 2.05) is 0 Å². The molecule has 0 bridgehead atoms. The van der Waals surface area contributed by atoms with Gasteiger partial charge in [-0.25, -0.2) is 0 Å². The summed E-state index contributed by atoms with van der Waals surface area (Å²) < 4.78 is 0. The van der Waals surface area contributed by atoms with E-state index in [0.717, 1.165) is 18.5 Å². The Morgan fingerprint density at radius 3 is 2.69 bits per heavy atom. The van der Waals surface area contributed by atoms with Crippen LogP contribution in [0.4, 0.5) is 0 Å². The van der Waals surface area contributed by atoms with Crippen molar-refractivity contribution in [3.63, 3.8) is 0 Å². The molecule has 0 aromatic rings. The van der Waals surface area contributed by atoms with E-state index in [4.69, 9.17) is 5.73 Å². The molecule has 1 fully saturated rings. The van der Waals surface area contributed by atoms with Gasteiger partial charge in [0.1, 0.15) is 0 Å². The normalized spacial score (nSPS) is 29.8. The van der Waals surface area contributed by atoms with Gasteiger partial charge in [0.05, 0.1) is 0 Å². The van der Waals surface area contributed by atoms with Crippen molar-refractivity contribution in [2.24, 2.45) is 11.7 Å². The largest absolute Gasteiger partial charge is 0.327 e. The highest BCUT2D eigenvalue weighted by atomic mass is 15.0. The molecule has 1 aliphatic carbocycles. The third-order valence-electron chi connectivity index (χ3n) is 2.97. The molecule has 0 radical (unpaired) electrons. The number of hydrogen-bond donors (Lipinski definition) is 2. The Hall–Kier alpha value is -0.0800. The van der Waals surface area contributed by atoms with Gasteiger partial charge >= 0.3 is 0 Å². The van der Waals surface area contributed by atoms with Crippen LogP contribution in [0.25, 0.3) is 0 Å². The number of unbranched alkanes of at least 4 members (excludes halogenated alkanes) is 1. The van der Waals surface area contributed by atoms with Gasteiger partial charge in [-0.05, 0) is 25.2 Å². The van der Waals surface area contributed by atoms with Crippen LogP contribution in [0.3, 0.4) is 0 Å². The van der Waals surface area contributed by atoms with Gasteiger partial charge in [-0.15, -0.1) is 0 Å². The summed E-state index contributed by atoms with van der Waals surface area (Å²) in [6.45, 7) is 5.54. The van der Waals surface area contributed by atoms with Crippen LogP contribution in [0.1, 0.15) is 46.0 Å². The van der Waals surface area contributed by atoms with Crippen LogP contribution in [0.15, 0.2) is 0 Å². The lowest BCUT2D eigenvalue weighted by atomic mass is 9.82. The van der Waals surface area contributed by atoms with E-state index in [1.54, 1.807) is 0 Å². The SMILES string of the molecule is CCCCC(N)CNC1CC(C)C1. The molecule has 1 saturated carbocycles. The van der Waals surface area contributed by atoms with Crippen molar-refractivity contribution in [3.8, 4) is 0 Å². The lowest BCUT2D eigenvalue weighted by molar-refractivity contribution is 0.237. The summed E-state index contributed by atoms with van der Waals surface area (Å²) in [5, 5.41) is 3.53. The van der Waals surface area contributed by atoms with E-state index in [-0.39, 0.29) is 0 Å². The molecule has 78 valence electrons. The summed E-state index contributed by atoms with van der Waals surface area (Å²) in [5.41, 5.74) is 5.96. The van der Waals surface area contributed by atoms with Gasteiger partial charge < -0.3 is 11.1 Å². The highest BCUT2D eigenvalue weighted by molar-refractivity contribution is 4.83. The number of hydrogen-bond acceptors (Lipinski definition) is 2. The Labute approximate surface area is 82.3 Å². The second kappa shape index (κ2) is 5.61. The molecule has 0 aromatic carbocycles. The number of rotatable bonds is 6. The van der Waals surface area contributed by atoms with E-state index < -0.39 is 0 Å². The molecule has 0 aromatic heterocycles. The van der Waals surface area contributed by atoms with E-state index >= 15 is 0 Å². The fourth-order valence-electron chi connectivity index (χ4n) is 1.96. The van der Waals surface area contributed by atoms with Crippen LogP contribution in [-0.4, -0.2) is 18.6 Å². The minimum absolute atomic E-state index is 0.371. The van der Waals surface area contributed by atoms with Gasteiger partial charge in [0.25, 0.3) is 0 Å². The van der Waals surface area contributed by atoms with Crippen LogP contribution in [0, 0.1) is 5.92 Å². The maximum Gasteiger partial charge on any atom is 0.0165 e. The molecule has 1 unspecified atom stereocenters. The molecule has 0 saturated heterocycles. The maximum atomic E-state index is 5.96. The number of nitrogens with one attached hydrogen (secondary N) is 1. The van der Waals surface area contributed by atoms with Crippen molar-refractivity contribution in [2.45, 2.75) is 58.0 Å². The zero-order valence-corrected chi connectivity index (χ0v) is 9.05. The van der Waals surface area contributed by atoms with Crippen molar-refractivity contribution < 1.29 is 0 Å². The average Bonchev–Trinajstić information content (AvgIpc) is 2.07. The topological polar surface area (TPSA) is 38.0 Å². The zero-order chi connectivity index (χ0) is 9.68. The van der Waals surface area contributed by atoms with E-state index in [1.165, 1.54) is 32.1 Å². The summed E-state index contributed by atoms with van der Waals surface area (Å²) in [6.07, 6.45) is 6.39. The minimum atomic E-state index is 0.371. The monoisotopic (exact) mass is 184 g/mol. The molecule has 0 amide bonds. The maximum absolute atomic E-state index is 5.96. The third kappa shape index (κ3) is 4.10. The lowest BCUT2D eigenvalue weighted by Crippen LogP contribution is -2.45. The van der Waals surface area contributed by atoms with Crippen molar-refractivity contribution in [3.05, 3.63) is 0 Å². The molecule has 0 heterocycles. The van der Waals surface area contributed by atoms with Crippen molar-refractivity contribution >= 4 is 0 Å². The first kappa shape index (κ1) is 11.0. The van der Waals surface area contributed by atoms with Crippen LogP contribution in [0.5, 0.6) is 0 Å². The van der Waals surface area contributed by atoms with E-state index in [2.05, 4.69) is 19.2 Å². The van der Waals surface area contributed by atoms with Gasteiger partial charge in [0, 0.05) is 18.6 Å². The van der Waals surface area contributed by atoms with Crippen LogP contribution < -0.4 is 11.1 Å². The van der Waals surface area contributed by atoms with Crippen molar-refractivity contribution in [1.29, 1.82) is 0 Å².